The van der Waals surface area contributed by atoms with Crippen LogP contribution >= 0.6 is 0 Å². The van der Waals surface area contributed by atoms with Crippen LogP contribution in [0.4, 0.5) is 0 Å². The second-order valence-electron chi connectivity index (χ2n) is 4.24. The third-order valence-electron chi connectivity index (χ3n) is 2.43. The average molecular weight is 213 g/mol. The first-order valence-electron chi connectivity index (χ1n) is 5.69. The molecule has 15 heavy (non-hydrogen) atoms. The molecule has 0 radical (unpaired) electrons. The summed E-state index contributed by atoms with van der Waals surface area (Å²) in [7, 11) is 5.77. The molecule has 0 atom stereocenters. The lowest BCUT2D eigenvalue weighted by atomic mass is 10.4. The van der Waals surface area contributed by atoms with E-state index in [4.69, 9.17) is 4.74 Å². The first kappa shape index (κ1) is 12.3. The number of hydrogen-bond donors (Lipinski definition) is 1. The molecule has 1 aliphatic rings. The highest BCUT2D eigenvalue weighted by Crippen LogP contribution is 2.28. The first-order valence-corrected chi connectivity index (χ1v) is 5.69. The lowest BCUT2D eigenvalue weighted by molar-refractivity contribution is 0.123. The molecule has 0 aromatic heterocycles. The van der Waals surface area contributed by atoms with Gasteiger partial charge in [0, 0.05) is 40.9 Å². The SMILES string of the molecule is CN=C(NCCCOCC1CC1)N(C)C. The van der Waals surface area contributed by atoms with E-state index in [2.05, 4.69) is 10.3 Å². The molecule has 4 heteroatoms. The molecule has 4 nitrogen and oxygen atoms in total. The molecular weight excluding hydrogens is 190 g/mol. The van der Waals surface area contributed by atoms with Gasteiger partial charge in [-0.25, -0.2) is 0 Å². The number of aliphatic imine (C=N–C) groups is 1. The van der Waals surface area contributed by atoms with E-state index in [-0.39, 0.29) is 0 Å². The van der Waals surface area contributed by atoms with Crippen LogP contribution in [0, 0.1) is 5.92 Å². The fourth-order valence-corrected chi connectivity index (χ4v) is 1.35. The maximum Gasteiger partial charge on any atom is 0.193 e. The summed E-state index contributed by atoms with van der Waals surface area (Å²) in [6.45, 7) is 2.74. The smallest absolute Gasteiger partial charge is 0.193 e. The second kappa shape index (κ2) is 6.67. The van der Waals surface area contributed by atoms with Crippen LogP contribution in [0.15, 0.2) is 4.99 Å². The summed E-state index contributed by atoms with van der Waals surface area (Å²) in [5, 5.41) is 3.27. The normalized spacial score (nSPS) is 16.6. The van der Waals surface area contributed by atoms with Crippen molar-refractivity contribution in [2.45, 2.75) is 19.3 Å². The number of nitrogens with zero attached hydrogens (tertiary/aromatic N) is 2. The maximum atomic E-state index is 5.54. The Morgan fingerprint density at radius 2 is 2.20 bits per heavy atom. The van der Waals surface area contributed by atoms with Crippen molar-refractivity contribution in [1.29, 1.82) is 0 Å². The Bertz CT molecular complexity index is 200. The fourth-order valence-electron chi connectivity index (χ4n) is 1.35. The molecule has 0 spiro atoms. The summed E-state index contributed by atoms with van der Waals surface area (Å²) < 4.78 is 5.54. The molecule has 0 aliphatic heterocycles. The highest BCUT2D eigenvalue weighted by molar-refractivity contribution is 5.79. The lowest BCUT2D eigenvalue weighted by Crippen LogP contribution is -2.37. The van der Waals surface area contributed by atoms with Crippen LogP contribution in [0.5, 0.6) is 0 Å². The zero-order valence-corrected chi connectivity index (χ0v) is 10.1. The van der Waals surface area contributed by atoms with E-state index in [0.29, 0.717) is 0 Å². The van der Waals surface area contributed by atoms with E-state index < -0.39 is 0 Å². The van der Waals surface area contributed by atoms with Gasteiger partial charge in [-0.2, -0.15) is 0 Å². The third-order valence-corrected chi connectivity index (χ3v) is 2.43. The summed E-state index contributed by atoms with van der Waals surface area (Å²) in [5.74, 6) is 1.80. The van der Waals surface area contributed by atoms with Crippen molar-refractivity contribution in [2.24, 2.45) is 10.9 Å². The predicted molar refractivity (Wildman–Crippen MR) is 63.2 cm³/mol. The van der Waals surface area contributed by atoms with Crippen LogP contribution in [-0.2, 0) is 4.74 Å². The van der Waals surface area contributed by atoms with Crippen LogP contribution in [0.2, 0.25) is 0 Å². The molecule has 88 valence electrons. The van der Waals surface area contributed by atoms with Gasteiger partial charge in [-0.05, 0) is 25.2 Å². The van der Waals surface area contributed by atoms with E-state index in [1.807, 2.05) is 19.0 Å². The van der Waals surface area contributed by atoms with Gasteiger partial charge in [0.05, 0.1) is 0 Å². The zero-order chi connectivity index (χ0) is 11.1. The van der Waals surface area contributed by atoms with Gasteiger partial charge in [0.1, 0.15) is 0 Å². The molecule has 0 amide bonds. The van der Waals surface area contributed by atoms with Crippen molar-refractivity contribution < 1.29 is 4.74 Å². The molecule has 0 aromatic rings. The molecule has 1 fully saturated rings. The first-order chi connectivity index (χ1) is 7.24. The molecule has 0 aromatic carbocycles. The number of nitrogens with one attached hydrogen (secondary N) is 1. The minimum absolute atomic E-state index is 0.855. The molecule has 0 bridgehead atoms. The van der Waals surface area contributed by atoms with Gasteiger partial charge in [0.15, 0.2) is 5.96 Å². The molecule has 1 aliphatic carbocycles. The highest BCUT2D eigenvalue weighted by Gasteiger charge is 2.20. The van der Waals surface area contributed by atoms with Crippen LogP contribution in [0.25, 0.3) is 0 Å². The van der Waals surface area contributed by atoms with Gasteiger partial charge < -0.3 is 15.0 Å². The number of hydrogen-bond acceptors (Lipinski definition) is 2. The monoisotopic (exact) mass is 213 g/mol. The fraction of sp³-hybridized carbons (Fsp3) is 0.909. The molecule has 0 unspecified atom stereocenters. The summed E-state index contributed by atoms with van der Waals surface area (Å²) >= 11 is 0. The quantitative estimate of drug-likeness (QED) is 0.405. The standard InChI is InChI=1S/C11H23N3O/c1-12-11(14(2)3)13-7-4-8-15-9-10-5-6-10/h10H,4-9H2,1-3H3,(H,12,13). The minimum Gasteiger partial charge on any atom is -0.381 e. The molecular formula is C11H23N3O. The van der Waals surface area contributed by atoms with Crippen LogP contribution < -0.4 is 5.32 Å². The van der Waals surface area contributed by atoms with Gasteiger partial charge in [-0.15, -0.1) is 0 Å². The molecule has 1 rings (SSSR count). The Labute approximate surface area is 92.7 Å². The number of guanidine groups is 1. The van der Waals surface area contributed by atoms with E-state index in [9.17, 15) is 0 Å². The summed E-state index contributed by atoms with van der Waals surface area (Å²) in [6, 6.07) is 0. The van der Waals surface area contributed by atoms with E-state index >= 15 is 0 Å². The molecule has 1 N–H and O–H groups in total. The number of ether oxygens (including phenoxy) is 1. The summed E-state index contributed by atoms with van der Waals surface area (Å²) in [4.78, 5) is 6.11. The Balaban J connectivity index is 1.90. The maximum absolute atomic E-state index is 5.54. The van der Waals surface area contributed by atoms with Crippen molar-refractivity contribution in [3.05, 3.63) is 0 Å². The zero-order valence-electron chi connectivity index (χ0n) is 10.1. The van der Waals surface area contributed by atoms with Gasteiger partial charge in [0.2, 0.25) is 0 Å². The molecule has 1 saturated carbocycles. The van der Waals surface area contributed by atoms with Crippen LogP contribution in [-0.4, -0.2) is 51.8 Å². The third kappa shape index (κ3) is 5.62. The van der Waals surface area contributed by atoms with Gasteiger partial charge in [0.25, 0.3) is 0 Å². The summed E-state index contributed by atoms with van der Waals surface area (Å²) in [6.07, 6.45) is 3.77. The van der Waals surface area contributed by atoms with Crippen molar-refractivity contribution in [3.8, 4) is 0 Å². The van der Waals surface area contributed by atoms with E-state index in [1.165, 1.54) is 12.8 Å². The largest absolute Gasteiger partial charge is 0.381 e. The Hall–Kier alpha value is -0.770. The van der Waals surface area contributed by atoms with Gasteiger partial charge in [-0.3, -0.25) is 4.99 Å². The second-order valence-corrected chi connectivity index (χ2v) is 4.24. The Kier molecular flexibility index (Phi) is 5.47. The van der Waals surface area contributed by atoms with Crippen LogP contribution in [0.3, 0.4) is 0 Å². The predicted octanol–water partition coefficient (Wildman–Crippen LogP) is 0.940. The van der Waals surface area contributed by atoms with Crippen LogP contribution in [0.1, 0.15) is 19.3 Å². The van der Waals surface area contributed by atoms with Crippen molar-refractivity contribution in [1.82, 2.24) is 10.2 Å². The topological polar surface area (TPSA) is 36.9 Å². The van der Waals surface area contributed by atoms with Crippen molar-refractivity contribution in [3.63, 3.8) is 0 Å². The van der Waals surface area contributed by atoms with E-state index in [0.717, 1.165) is 38.1 Å². The number of rotatable bonds is 6. The Morgan fingerprint density at radius 3 is 2.73 bits per heavy atom. The molecule has 0 saturated heterocycles. The summed E-state index contributed by atoms with van der Waals surface area (Å²) in [5.41, 5.74) is 0. The minimum atomic E-state index is 0.855. The Morgan fingerprint density at radius 1 is 1.47 bits per heavy atom. The average Bonchev–Trinajstić information content (AvgIpc) is 3.00. The lowest BCUT2D eigenvalue weighted by Gasteiger charge is -2.16. The molecule has 0 heterocycles. The highest BCUT2D eigenvalue weighted by atomic mass is 16.5. The van der Waals surface area contributed by atoms with Crippen molar-refractivity contribution in [2.75, 3.05) is 40.9 Å². The van der Waals surface area contributed by atoms with E-state index in [1.54, 1.807) is 7.05 Å². The van der Waals surface area contributed by atoms with Gasteiger partial charge in [-0.1, -0.05) is 0 Å². The van der Waals surface area contributed by atoms with Crippen molar-refractivity contribution >= 4 is 5.96 Å². The van der Waals surface area contributed by atoms with Gasteiger partial charge >= 0.3 is 0 Å².